The number of fused-ring (bicyclic) bond motifs is 1. The van der Waals surface area contributed by atoms with E-state index >= 15 is 0 Å². The SMILES string of the molecule is CCN(CC)CCCOc1ccnc(Nc2ncnc3c(C(=O)Nc4c(Cl)c(OC)cc(OC)c4Cl)csc23)c1. The van der Waals surface area contributed by atoms with Crippen molar-refractivity contribution in [2.24, 2.45) is 0 Å². The van der Waals surface area contributed by atoms with E-state index in [-0.39, 0.29) is 15.7 Å². The van der Waals surface area contributed by atoms with Gasteiger partial charge in [-0.3, -0.25) is 4.79 Å². The highest BCUT2D eigenvalue weighted by Crippen LogP contribution is 2.44. The molecule has 10 nitrogen and oxygen atoms in total. The molecule has 0 radical (unpaired) electrons. The van der Waals surface area contributed by atoms with E-state index in [0.717, 1.165) is 26.1 Å². The van der Waals surface area contributed by atoms with E-state index < -0.39 is 5.91 Å². The van der Waals surface area contributed by atoms with Crippen LogP contribution in [0.25, 0.3) is 10.2 Å². The fourth-order valence-corrected chi connectivity index (χ4v) is 5.53. The van der Waals surface area contributed by atoms with E-state index in [1.54, 1.807) is 17.6 Å². The average molecular weight is 606 g/mol. The van der Waals surface area contributed by atoms with Crippen molar-refractivity contribution in [1.29, 1.82) is 0 Å². The molecule has 0 saturated carbocycles. The summed E-state index contributed by atoms with van der Waals surface area (Å²) < 4.78 is 17.2. The molecule has 0 aliphatic heterocycles. The highest BCUT2D eigenvalue weighted by Gasteiger charge is 2.22. The van der Waals surface area contributed by atoms with Crippen molar-refractivity contribution in [3.05, 3.63) is 51.7 Å². The normalized spacial score (nSPS) is 11.1. The van der Waals surface area contributed by atoms with E-state index in [2.05, 4.69) is 44.3 Å². The fraction of sp³-hybridized carbons (Fsp3) is 0.333. The first-order chi connectivity index (χ1) is 19.4. The summed E-state index contributed by atoms with van der Waals surface area (Å²) in [6.45, 7) is 7.95. The van der Waals surface area contributed by atoms with Gasteiger partial charge in [-0.2, -0.15) is 0 Å². The number of nitrogens with zero attached hydrogens (tertiary/aromatic N) is 4. The lowest BCUT2D eigenvalue weighted by Crippen LogP contribution is -2.25. The van der Waals surface area contributed by atoms with Crippen LogP contribution in [0.15, 0.2) is 36.1 Å². The minimum Gasteiger partial charge on any atom is -0.495 e. The third-order valence-electron chi connectivity index (χ3n) is 6.17. The smallest absolute Gasteiger partial charge is 0.258 e. The number of hydrogen-bond acceptors (Lipinski definition) is 10. The number of carbonyl (C=O) groups is 1. The van der Waals surface area contributed by atoms with Crippen LogP contribution in [0, 0.1) is 0 Å². The number of amides is 1. The Morgan fingerprint density at radius 2 is 1.77 bits per heavy atom. The van der Waals surface area contributed by atoms with Crippen LogP contribution in [-0.2, 0) is 0 Å². The molecule has 2 N–H and O–H groups in total. The molecule has 4 rings (SSSR count). The predicted octanol–water partition coefficient (Wildman–Crippen LogP) is 6.52. The first kappa shape index (κ1) is 29.6. The Bertz CT molecular complexity index is 1450. The molecule has 0 fully saturated rings. The Balaban J connectivity index is 1.51. The van der Waals surface area contributed by atoms with Gasteiger partial charge in [0.15, 0.2) is 5.82 Å². The summed E-state index contributed by atoms with van der Waals surface area (Å²) in [7, 11) is 2.92. The predicted molar refractivity (Wildman–Crippen MR) is 160 cm³/mol. The second kappa shape index (κ2) is 13.8. The first-order valence-electron chi connectivity index (χ1n) is 12.6. The van der Waals surface area contributed by atoms with E-state index in [1.807, 2.05) is 12.1 Å². The summed E-state index contributed by atoms with van der Waals surface area (Å²) in [4.78, 5) is 28.8. The molecule has 0 bridgehead atoms. The maximum absolute atomic E-state index is 13.3. The summed E-state index contributed by atoms with van der Waals surface area (Å²) in [6.07, 6.45) is 3.98. The van der Waals surface area contributed by atoms with Gasteiger partial charge < -0.3 is 29.7 Å². The van der Waals surface area contributed by atoms with Gasteiger partial charge in [0, 0.05) is 30.3 Å². The lowest BCUT2D eigenvalue weighted by molar-refractivity contribution is 0.102. The quantitative estimate of drug-likeness (QED) is 0.165. The summed E-state index contributed by atoms with van der Waals surface area (Å²) in [6, 6.07) is 5.17. The van der Waals surface area contributed by atoms with Crippen molar-refractivity contribution < 1.29 is 19.0 Å². The second-order valence-corrected chi connectivity index (χ2v) is 10.2. The highest BCUT2D eigenvalue weighted by molar-refractivity contribution is 7.18. The molecular weight excluding hydrogens is 575 g/mol. The molecule has 0 aliphatic rings. The molecular formula is C27H30Cl2N6O4S. The molecule has 4 aromatic rings. The zero-order valence-electron chi connectivity index (χ0n) is 22.6. The largest absolute Gasteiger partial charge is 0.495 e. The van der Waals surface area contributed by atoms with Crippen molar-refractivity contribution in [2.45, 2.75) is 20.3 Å². The third-order valence-corrected chi connectivity index (χ3v) is 7.90. The number of nitrogens with one attached hydrogen (secondary N) is 2. The molecule has 0 spiro atoms. The molecule has 212 valence electrons. The van der Waals surface area contributed by atoms with Crippen LogP contribution in [0.1, 0.15) is 30.6 Å². The minimum atomic E-state index is -0.451. The van der Waals surface area contributed by atoms with Crippen molar-refractivity contribution in [2.75, 3.05) is 51.1 Å². The molecule has 1 amide bonds. The molecule has 13 heteroatoms. The molecule has 0 aliphatic carbocycles. The number of anilines is 3. The van der Waals surface area contributed by atoms with Gasteiger partial charge in [-0.05, 0) is 25.6 Å². The highest BCUT2D eigenvalue weighted by atomic mass is 35.5. The Hall–Kier alpha value is -3.38. The number of hydrogen-bond donors (Lipinski definition) is 2. The number of aromatic nitrogens is 3. The molecule has 1 aromatic carbocycles. The number of methoxy groups -OCH3 is 2. The lowest BCUT2D eigenvalue weighted by atomic mass is 10.2. The number of carbonyl (C=O) groups excluding carboxylic acids is 1. The van der Waals surface area contributed by atoms with Crippen LogP contribution in [0.4, 0.5) is 17.3 Å². The van der Waals surface area contributed by atoms with Crippen molar-refractivity contribution >= 4 is 68.0 Å². The van der Waals surface area contributed by atoms with Gasteiger partial charge in [-0.1, -0.05) is 37.0 Å². The number of halogens is 2. The maximum Gasteiger partial charge on any atom is 0.258 e. The van der Waals surface area contributed by atoms with Crippen LogP contribution >= 0.6 is 34.5 Å². The summed E-state index contributed by atoms with van der Waals surface area (Å²) >= 11 is 14.2. The van der Waals surface area contributed by atoms with Crippen LogP contribution in [0.5, 0.6) is 17.2 Å². The third kappa shape index (κ3) is 6.67. The van der Waals surface area contributed by atoms with Crippen LogP contribution in [0.2, 0.25) is 10.0 Å². The van der Waals surface area contributed by atoms with Crippen LogP contribution in [-0.4, -0.2) is 66.2 Å². The zero-order valence-corrected chi connectivity index (χ0v) is 24.9. The monoisotopic (exact) mass is 604 g/mol. The topological polar surface area (TPSA) is 111 Å². The lowest BCUT2D eigenvalue weighted by Gasteiger charge is -2.17. The van der Waals surface area contributed by atoms with Crippen molar-refractivity contribution in [1.82, 2.24) is 19.9 Å². The summed E-state index contributed by atoms with van der Waals surface area (Å²) in [5.41, 5.74) is 0.970. The standard InChI is InChI=1S/C27H30Cl2N6O4S/c1-5-35(6-2)10-7-11-39-16-8-9-30-20(12-16)33-26-25-23(31-15-32-26)17(14-40-25)27(36)34-24-21(28)18(37-3)13-19(38-4)22(24)29/h8-9,12-15H,5-7,10-11H2,1-4H3,(H,34,36)(H,30,31,32,33). The van der Waals surface area contributed by atoms with Gasteiger partial charge in [0.05, 0.1) is 42.3 Å². The Morgan fingerprint density at radius 3 is 2.45 bits per heavy atom. The maximum atomic E-state index is 13.3. The Kier molecular flexibility index (Phi) is 10.2. The number of thiophene rings is 1. The van der Waals surface area contributed by atoms with Crippen molar-refractivity contribution in [3.63, 3.8) is 0 Å². The summed E-state index contributed by atoms with van der Waals surface area (Å²) in [5.74, 6) is 1.95. The van der Waals surface area contributed by atoms with Gasteiger partial charge in [0.25, 0.3) is 5.91 Å². The van der Waals surface area contributed by atoms with E-state index in [9.17, 15) is 4.79 Å². The molecule has 0 atom stereocenters. The zero-order chi connectivity index (χ0) is 28.6. The molecule has 40 heavy (non-hydrogen) atoms. The molecule has 3 heterocycles. The van der Waals surface area contributed by atoms with E-state index in [1.165, 1.54) is 31.9 Å². The van der Waals surface area contributed by atoms with Crippen molar-refractivity contribution in [3.8, 4) is 17.2 Å². The Labute approximate surface area is 246 Å². The average Bonchev–Trinajstić information content (AvgIpc) is 3.41. The van der Waals surface area contributed by atoms with Gasteiger partial charge in [-0.25, -0.2) is 15.0 Å². The molecule has 0 unspecified atom stereocenters. The molecule has 0 saturated heterocycles. The minimum absolute atomic E-state index is 0.152. The van der Waals surface area contributed by atoms with Crippen LogP contribution in [0.3, 0.4) is 0 Å². The number of pyridine rings is 1. The van der Waals surface area contributed by atoms with Gasteiger partial charge in [0.1, 0.15) is 39.4 Å². The van der Waals surface area contributed by atoms with Gasteiger partial charge >= 0.3 is 0 Å². The van der Waals surface area contributed by atoms with E-state index in [0.29, 0.717) is 51.3 Å². The van der Waals surface area contributed by atoms with Crippen LogP contribution < -0.4 is 24.8 Å². The first-order valence-corrected chi connectivity index (χ1v) is 14.2. The second-order valence-electron chi connectivity index (χ2n) is 8.52. The Morgan fingerprint density at radius 1 is 1.05 bits per heavy atom. The van der Waals surface area contributed by atoms with Gasteiger partial charge in [-0.15, -0.1) is 11.3 Å². The van der Waals surface area contributed by atoms with E-state index in [4.69, 9.17) is 37.4 Å². The molecule has 3 aromatic heterocycles. The summed E-state index contributed by atoms with van der Waals surface area (Å²) in [5, 5.41) is 7.99. The number of rotatable bonds is 13. The van der Waals surface area contributed by atoms with Gasteiger partial charge in [0.2, 0.25) is 0 Å². The fourth-order valence-electron chi connectivity index (χ4n) is 3.99. The number of benzene rings is 1. The number of ether oxygens (including phenoxy) is 3.